The van der Waals surface area contributed by atoms with Crippen molar-refractivity contribution in [1.82, 2.24) is 25.7 Å². The summed E-state index contributed by atoms with van der Waals surface area (Å²) in [7, 11) is 0. The standard InChI is InChI=1S/C21H25F3N6O4/c1-20(2,3)12-30(19(33)34)11-8-15(31)28-29-18(32)16-17(26-10-9-25-16)27-14-6-4-13(5-7-14)21(22,23)24/h4-7,9-10H,8,11-12H2,1-3H3,(H,26,27)(H,28,31)(H,29,32)(H,33,34). The molecule has 0 saturated carbocycles. The summed E-state index contributed by atoms with van der Waals surface area (Å²) in [4.78, 5) is 44.8. The molecule has 0 aliphatic heterocycles. The molecule has 34 heavy (non-hydrogen) atoms. The molecule has 2 aromatic rings. The highest BCUT2D eigenvalue weighted by atomic mass is 19.4. The largest absolute Gasteiger partial charge is 0.465 e. The predicted octanol–water partition coefficient (Wildman–Crippen LogP) is 3.42. The van der Waals surface area contributed by atoms with Crippen LogP contribution >= 0.6 is 0 Å². The van der Waals surface area contributed by atoms with Gasteiger partial charge in [0, 0.05) is 37.6 Å². The van der Waals surface area contributed by atoms with Gasteiger partial charge in [-0.2, -0.15) is 13.2 Å². The lowest BCUT2D eigenvalue weighted by Crippen LogP contribution is -2.44. The summed E-state index contributed by atoms with van der Waals surface area (Å²) in [5.74, 6) is -1.51. The minimum Gasteiger partial charge on any atom is -0.465 e. The Morgan fingerprint density at radius 2 is 1.62 bits per heavy atom. The number of carbonyl (C=O) groups is 3. The first-order valence-electron chi connectivity index (χ1n) is 10.1. The van der Waals surface area contributed by atoms with Crippen LogP contribution in [0.4, 0.5) is 29.5 Å². The van der Waals surface area contributed by atoms with Crippen molar-refractivity contribution in [3.63, 3.8) is 0 Å². The number of benzene rings is 1. The van der Waals surface area contributed by atoms with Gasteiger partial charge in [-0.1, -0.05) is 20.8 Å². The molecule has 0 radical (unpaired) electrons. The van der Waals surface area contributed by atoms with Crippen LogP contribution < -0.4 is 16.2 Å². The maximum Gasteiger partial charge on any atom is 0.416 e. The summed E-state index contributed by atoms with van der Waals surface area (Å²) in [6.45, 7) is 5.74. The van der Waals surface area contributed by atoms with Crippen LogP contribution in [0.15, 0.2) is 36.7 Å². The molecule has 2 rings (SSSR count). The third-order valence-electron chi connectivity index (χ3n) is 4.25. The fourth-order valence-corrected chi connectivity index (χ4v) is 2.77. The number of aromatic nitrogens is 2. The van der Waals surface area contributed by atoms with E-state index in [0.29, 0.717) is 0 Å². The second kappa shape index (κ2) is 10.8. The van der Waals surface area contributed by atoms with E-state index in [0.717, 1.165) is 17.0 Å². The topological polar surface area (TPSA) is 137 Å². The average molecular weight is 482 g/mol. The Morgan fingerprint density at radius 3 is 2.18 bits per heavy atom. The lowest BCUT2D eigenvalue weighted by atomic mass is 9.96. The van der Waals surface area contributed by atoms with Crippen molar-refractivity contribution in [3.8, 4) is 0 Å². The summed E-state index contributed by atoms with van der Waals surface area (Å²) in [6, 6.07) is 4.09. The molecule has 10 nitrogen and oxygen atoms in total. The maximum absolute atomic E-state index is 12.7. The van der Waals surface area contributed by atoms with Gasteiger partial charge in [-0.3, -0.25) is 20.4 Å². The van der Waals surface area contributed by atoms with Gasteiger partial charge in [-0.05, 0) is 29.7 Å². The van der Waals surface area contributed by atoms with E-state index in [4.69, 9.17) is 0 Å². The lowest BCUT2D eigenvalue weighted by molar-refractivity contribution is -0.137. The van der Waals surface area contributed by atoms with Crippen LogP contribution in [0.5, 0.6) is 0 Å². The molecular weight excluding hydrogens is 457 g/mol. The number of rotatable bonds is 7. The number of hydrazine groups is 1. The SMILES string of the molecule is CC(C)(C)CN(CCC(=O)NNC(=O)c1nccnc1Nc1ccc(C(F)(F)F)cc1)C(=O)O. The molecule has 0 spiro atoms. The Balaban J connectivity index is 1.97. The maximum atomic E-state index is 12.7. The second-order valence-electron chi connectivity index (χ2n) is 8.47. The number of anilines is 2. The van der Waals surface area contributed by atoms with Gasteiger partial charge in [0.25, 0.3) is 5.91 Å². The molecule has 1 aromatic carbocycles. The Morgan fingerprint density at radius 1 is 1.00 bits per heavy atom. The van der Waals surface area contributed by atoms with Crippen LogP contribution in [-0.2, 0) is 11.0 Å². The number of amides is 3. The van der Waals surface area contributed by atoms with Crippen LogP contribution in [-0.4, -0.2) is 51.0 Å². The third-order valence-corrected chi connectivity index (χ3v) is 4.25. The molecule has 0 saturated heterocycles. The van der Waals surface area contributed by atoms with Gasteiger partial charge >= 0.3 is 12.3 Å². The van der Waals surface area contributed by atoms with Gasteiger partial charge in [0.15, 0.2) is 11.5 Å². The second-order valence-corrected chi connectivity index (χ2v) is 8.47. The summed E-state index contributed by atoms with van der Waals surface area (Å²) in [6.07, 6.45) is -3.34. The number of hydrogen-bond donors (Lipinski definition) is 4. The summed E-state index contributed by atoms with van der Waals surface area (Å²) < 4.78 is 38.1. The van der Waals surface area contributed by atoms with Gasteiger partial charge in [-0.15, -0.1) is 0 Å². The van der Waals surface area contributed by atoms with Crippen LogP contribution in [0.3, 0.4) is 0 Å². The zero-order valence-electron chi connectivity index (χ0n) is 18.7. The zero-order valence-corrected chi connectivity index (χ0v) is 18.7. The van der Waals surface area contributed by atoms with Crippen molar-refractivity contribution in [2.24, 2.45) is 5.41 Å². The van der Waals surface area contributed by atoms with Crippen LogP contribution in [0.1, 0.15) is 43.2 Å². The quantitative estimate of drug-likeness (QED) is 0.444. The number of hydrogen-bond acceptors (Lipinski definition) is 6. The van der Waals surface area contributed by atoms with Crippen LogP contribution in [0, 0.1) is 5.41 Å². The fourth-order valence-electron chi connectivity index (χ4n) is 2.77. The van der Waals surface area contributed by atoms with Crippen LogP contribution in [0.25, 0.3) is 0 Å². The molecule has 0 aliphatic carbocycles. The van der Waals surface area contributed by atoms with Crippen molar-refractivity contribution in [2.75, 3.05) is 18.4 Å². The van der Waals surface area contributed by atoms with E-state index in [1.807, 2.05) is 20.8 Å². The monoisotopic (exact) mass is 482 g/mol. The Labute approximate surface area is 193 Å². The highest BCUT2D eigenvalue weighted by Gasteiger charge is 2.30. The van der Waals surface area contributed by atoms with E-state index in [1.165, 1.54) is 24.5 Å². The number of nitrogens with zero attached hydrogens (tertiary/aromatic N) is 3. The van der Waals surface area contributed by atoms with Crippen molar-refractivity contribution < 1.29 is 32.7 Å². The van der Waals surface area contributed by atoms with E-state index in [-0.39, 0.29) is 42.1 Å². The average Bonchev–Trinajstić information content (AvgIpc) is 2.74. The van der Waals surface area contributed by atoms with E-state index < -0.39 is 29.6 Å². The predicted molar refractivity (Wildman–Crippen MR) is 116 cm³/mol. The smallest absolute Gasteiger partial charge is 0.416 e. The van der Waals surface area contributed by atoms with Gasteiger partial charge in [0.2, 0.25) is 5.91 Å². The summed E-state index contributed by atoms with van der Waals surface area (Å²) >= 11 is 0. The van der Waals surface area contributed by atoms with Crippen LogP contribution in [0.2, 0.25) is 0 Å². The van der Waals surface area contributed by atoms with E-state index >= 15 is 0 Å². The number of carbonyl (C=O) groups excluding carboxylic acids is 2. The molecule has 0 fully saturated rings. The van der Waals surface area contributed by atoms with Gasteiger partial charge in [-0.25, -0.2) is 14.8 Å². The molecule has 0 aliphatic rings. The number of halogens is 3. The highest BCUT2D eigenvalue weighted by Crippen LogP contribution is 2.30. The van der Waals surface area contributed by atoms with E-state index in [2.05, 4.69) is 26.1 Å². The first kappa shape index (κ1) is 26.4. The molecule has 13 heteroatoms. The number of alkyl halides is 3. The first-order chi connectivity index (χ1) is 15.8. The third kappa shape index (κ3) is 8.22. The Bertz CT molecular complexity index is 1020. The van der Waals surface area contributed by atoms with Gasteiger partial charge in [0.1, 0.15) is 0 Å². The van der Waals surface area contributed by atoms with E-state index in [1.54, 1.807) is 0 Å². The molecule has 4 N–H and O–H groups in total. The molecule has 1 aromatic heterocycles. The fraction of sp³-hybridized carbons (Fsp3) is 0.381. The zero-order chi connectivity index (χ0) is 25.5. The lowest BCUT2D eigenvalue weighted by Gasteiger charge is -2.27. The highest BCUT2D eigenvalue weighted by molar-refractivity contribution is 5.98. The van der Waals surface area contributed by atoms with Crippen molar-refractivity contribution in [1.29, 1.82) is 0 Å². The van der Waals surface area contributed by atoms with Crippen molar-refractivity contribution in [2.45, 2.75) is 33.4 Å². The summed E-state index contributed by atoms with van der Waals surface area (Å²) in [5.41, 5.74) is 3.22. The van der Waals surface area contributed by atoms with Crippen molar-refractivity contribution >= 4 is 29.4 Å². The summed E-state index contributed by atoms with van der Waals surface area (Å²) in [5, 5.41) is 12.0. The minimum absolute atomic E-state index is 0.0452. The van der Waals surface area contributed by atoms with E-state index in [9.17, 15) is 32.7 Å². The Kier molecular flexibility index (Phi) is 8.38. The van der Waals surface area contributed by atoms with Gasteiger partial charge in [0.05, 0.1) is 5.56 Å². The normalized spacial score (nSPS) is 11.5. The molecule has 3 amide bonds. The van der Waals surface area contributed by atoms with Crippen molar-refractivity contribution in [3.05, 3.63) is 47.9 Å². The number of carboxylic acid groups (broad SMARTS) is 1. The molecule has 0 bridgehead atoms. The molecular formula is C21H25F3N6O4. The number of nitrogens with one attached hydrogen (secondary N) is 3. The minimum atomic E-state index is -4.48. The Hall–Kier alpha value is -3.90. The molecule has 0 unspecified atom stereocenters. The molecule has 0 atom stereocenters. The van der Waals surface area contributed by atoms with Gasteiger partial charge < -0.3 is 15.3 Å². The molecule has 1 heterocycles. The first-order valence-corrected chi connectivity index (χ1v) is 10.1. The molecule has 184 valence electrons.